The summed E-state index contributed by atoms with van der Waals surface area (Å²) in [5, 5.41) is 10.8. The Balaban J connectivity index is 1.53. The summed E-state index contributed by atoms with van der Waals surface area (Å²) in [6.07, 6.45) is -4.56. The lowest BCUT2D eigenvalue weighted by atomic mass is 9.98. The van der Waals surface area contributed by atoms with Gasteiger partial charge in [0.1, 0.15) is 18.3 Å². The van der Waals surface area contributed by atoms with Crippen LogP contribution in [0.1, 0.15) is 23.6 Å². The van der Waals surface area contributed by atoms with Crippen molar-refractivity contribution < 1.29 is 33.6 Å². The first-order chi connectivity index (χ1) is 17.6. The topological polar surface area (TPSA) is 83.5 Å². The first-order valence-electron chi connectivity index (χ1n) is 12.0. The predicted octanol–water partition coefficient (Wildman–Crippen LogP) is 4.02. The summed E-state index contributed by atoms with van der Waals surface area (Å²) < 4.78 is 29.8. The van der Waals surface area contributed by atoms with Gasteiger partial charge in [-0.2, -0.15) is 0 Å². The van der Waals surface area contributed by atoms with Gasteiger partial charge in [0.25, 0.3) is 0 Å². The van der Waals surface area contributed by atoms with E-state index in [-0.39, 0.29) is 19.8 Å². The van der Waals surface area contributed by atoms with E-state index in [4.69, 9.17) is 23.7 Å². The second-order valence-corrected chi connectivity index (χ2v) is 8.66. The number of hydrogen-bond donors (Lipinski definition) is 1. The Morgan fingerprint density at radius 2 is 1.19 bits per heavy atom. The number of ether oxygens (including phenoxy) is 5. The highest BCUT2D eigenvalue weighted by molar-refractivity contribution is 5.66. The van der Waals surface area contributed by atoms with E-state index in [2.05, 4.69) is 0 Å². The van der Waals surface area contributed by atoms with Gasteiger partial charge in [0, 0.05) is 6.92 Å². The molecular weight excluding hydrogens is 460 g/mol. The number of rotatable bonds is 11. The van der Waals surface area contributed by atoms with Crippen LogP contribution in [0.2, 0.25) is 0 Å². The maximum Gasteiger partial charge on any atom is 0.303 e. The highest BCUT2D eigenvalue weighted by Crippen LogP contribution is 2.29. The highest BCUT2D eigenvalue weighted by atomic mass is 16.7. The molecule has 1 fully saturated rings. The Labute approximate surface area is 211 Å². The molecule has 4 rings (SSSR count). The van der Waals surface area contributed by atoms with Crippen molar-refractivity contribution in [2.75, 3.05) is 6.61 Å². The maximum atomic E-state index is 11.9. The van der Waals surface area contributed by atoms with Crippen LogP contribution in [0.25, 0.3) is 0 Å². The van der Waals surface area contributed by atoms with E-state index in [0.29, 0.717) is 6.61 Å². The van der Waals surface area contributed by atoms with Gasteiger partial charge in [-0.15, -0.1) is 0 Å². The number of aliphatic hydroxyl groups is 1. The third-order valence-corrected chi connectivity index (χ3v) is 5.88. The van der Waals surface area contributed by atoms with Crippen molar-refractivity contribution in [3.8, 4) is 0 Å². The van der Waals surface area contributed by atoms with Crippen LogP contribution in [0.15, 0.2) is 91.0 Å². The first-order valence-corrected chi connectivity index (χ1v) is 12.0. The highest BCUT2D eigenvalue weighted by Gasteiger charge is 2.49. The molecule has 0 spiro atoms. The van der Waals surface area contributed by atoms with Crippen LogP contribution < -0.4 is 0 Å². The summed E-state index contributed by atoms with van der Waals surface area (Å²) in [6, 6.07) is 29.2. The Hall–Kier alpha value is -3.07. The minimum absolute atomic E-state index is 0.156. The third-order valence-electron chi connectivity index (χ3n) is 5.88. The summed E-state index contributed by atoms with van der Waals surface area (Å²) in [5.74, 6) is -0.545. The van der Waals surface area contributed by atoms with Crippen LogP contribution >= 0.6 is 0 Å². The third kappa shape index (κ3) is 7.46. The molecule has 0 radical (unpaired) electrons. The fourth-order valence-electron chi connectivity index (χ4n) is 4.14. The molecule has 0 aromatic heterocycles. The fourth-order valence-corrected chi connectivity index (χ4v) is 4.14. The number of aliphatic hydroxyl groups excluding tert-OH is 1. The molecule has 7 nitrogen and oxygen atoms in total. The van der Waals surface area contributed by atoms with Gasteiger partial charge in [0.05, 0.1) is 26.4 Å². The summed E-state index contributed by atoms with van der Waals surface area (Å²) in [7, 11) is 0. The molecule has 190 valence electrons. The van der Waals surface area contributed by atoms with E-state index in [1.807, 2.05) is 91.0 Å². The molecule has 7 heteroatoms. The molecule has 1 saturated heterocycles. The molecule has 0 bridgehead atoms. The van der Waals surface area contributed by atoms with Crippen molar-refractivity contribution >= 4 is 5.97 Å². The quantitative estimate of drug-likeness (QED) is 0.405. The summed E-state index contributed by atoms with van der Waals surface area (Å²) in [5.41, 5.74) is 2.93. The fraction of sp³-hybridized carbons (Fsp3) is 0.345. The van der Waals surface area contributed by atoms with E-state index in [1.165, 1.54) is 6.92 Å². The molecule has 1 heterocycles. The number of benzene rings is 3. The van der Waals surface area contributed by atoms with Gasteiger partial charge in [-0.3, -0.25) is 4.79 Å². The number of esters is 1. The Kier molecular flexibility index (Phi) is 9.61. The summed E-state index contributed by atoms with van der Waals surface area (Å²) in [4.78, 5) is 11.9. The van der Waals surface area contributed by atoms with Crippen LogP contribution in [-0.4, -0.2) is 48.4 Å². The van der Waals surface area contributed by atoms with Gasteiger partial charge < -0.3 is 28.8 Å². The summed E-state index contributed by atoms with van der Waals surface area (Å²) in [6.45, 7) is 2.36. The van der Waals surface area contributed by atoms with Crippen molar-refractivity contribution in [2.24, 2.45) is 0 Å². The Morgan fingerprint density at radius 1 is 0.722 bits per heavy atom. The van der Waals surface area contributed by atoms with Gasteiger partial charge in [-0.1, -0.05) is 91.0 Å². The lowest BCUT2D eigenvalue weighted by Gasteiger charge is -2.44. The zero-order valence-electron chi connectivity index (χ0n) is 20.3. The second kappa shape index (κ2) is 13.3. The molecule has 1 aliphatic heterocycles. The normalized spacial score (nSPS) is 23.8. The molecule has 1 N–H and O–H groups in total. The maximum absolute atomic E-state index is 11.9. The number of hydrogen-bond acceptors (Lipinski definition) is 7. The number of carbonyl (C=O) groups excluding carboxylic acids is 1. The largest absolute Gasteiger partial charge is 0.454 e. The van der Waals surface area contributed by atoms with E-state index in [1.54, 1.807) is 0 Å². The van der Waals surface area contributed by atoms with Gasteiger partial charge in [-0.25, -0.2) is 0 Å². The molecule has 3 aromatic rings. The van der Waals surface area contributed by atoms with Crippen molar-refractivity contribution in [1.82, 2.24) is 0 Å². The van der Waals surface area contributed by atoms with Crippen molar-refractivity contribution in [3.63, 3.8) is 0 Å². The molecule has 3 unspecified atom stereocenters. The van der Waals surface area contributed by atoms with Gasteiger partial charge in [0.2, 0.25) is 0 Å². The van der Waals surface area contributed by atoms with E-state index in [9.17, 15) is 9.90 Å². The molecule has 5 atom stereocenters. The molecular formula is C29H32O7. The molecule has 36 heavy (non-hydrogen) atoms. The Bertz CT molecular complexity index is 1040. The smallest absolute Gasteiger partial charge is 0.303 e. The van der Waals surface area contributed by atoms with Crippen LogP contribution in [0.3, 0.4) is 0 Å². The van der Waals surface area contributed by atoms with Crippen LogP contribution in [0, 0.1) is 0 Å². The number of carbonyl (C=O) groups is 1. The molecule has 3 aromatic carbocycles. The van der Waals surface area contributed by atoms with Crippen molar-refractivity contribution in [2.45, 2.75) is 57.5 Å². The average Bonchev–Trinajstić information content (AvgIpc) is 2.90. The zero-order valence-corrected chi connectivity index (χ0v) is 20.3. The molecule has 0 saturated carbocycles. The van der Waals surface area contributed by atoms with Gasteiger partial charge in [-0.05, 0) is 16.7 Å². The minimum atomic E-state index is -1.39. The van der Waals surface area contributed by atoms with Crippen LogP contribution in [0.5, 0.6) is 0 Å². The standard InChI is InChI=1S/C29H32O7/c1-21(30)35-28-27(34-19-24-15-9-4-10-16-24)26(33-18-23-13-7-3-8-14-23)25(36-29(28)31)20-32-17-22-11-5-2-6-12-22/h2-16,25-29,31H,17-20H2,1H3/t25?,26-,27?,28?,29+/m1/s1. The lowest BCUT2D eigenvalue weighted by Crippen LogP contribution is -2.61. The van der Waals surface area contributed by atoms with E-state index < -0.39 is 36.7 Å². The van der Waals surface area contributed by atoms with Crippen molar-refractivity contribution in [1.29, 1.82) is 0 Å². The lowest BCUT2D eigenvalue weighted by molar-refractivity contribution is -0.309. The van der Waals surface area contributed by atoms with Crippen LogP contribution in [-0.2, 0) is 48.3 Å². The van der Waals surface area contributed by atoms with Crippen LogP contribution in [0.4, 0.5) is 0 Å². The Morgan fingerprint density at radius 3 is 1.69 bits per heavy atom. The SMILES string of the molecule is CC(=O)OC1C(OCc2ccccc2)[C@H](OCc2ccccc2)C(COCc2ccccc2)O[C@@H]1O. The average molecular weight is 493 g/mol. The minimum Gasteiger partial charge on any atom is -0.454 e. The molecule has 0 aliphatic carbocycles. The second-order valence-electron chi connectivity index (χ2n) is 8.66. The van der Waals surface area contributed by atoms with Crippen molar-refractivity contribution in [3.05, 3.63) is 108 Å². The molecule has 1 aliphatic rings. The predicted molar refractivity (Wildman–Crippen MR) is 133 cm³/mol. The zero-order chi connectivity index (χ0) is 25.2. The molecule has 0 amide bonds. The van der Waals surface area contributed by atoms with E-state index in [0.717, 1.165) is 16.7 Å². The van der Waals surface area contributed by atoms with Gasteiger partial charge >= 0.3 is 5.97 Å². The monoisotopic (exact) mass is 492 g/mol. The summed E-state index contributed by atoms with van der Waals surface area (Å²) >= 11 is 0. The van der Waals surface area contributed by atoms with Gasteiger partial charge in [0.15, 0.2) is 12.4 Å². The first kappa shape index (κ1) is 26.0. The van der Waals surface area contributed by atoms with E-state index >= 15 is 0 Å².